The first-order valence-electron chi connectivity index (χ1n) is 10.4. The Balaban J connectivity index is 1.95. The molecule has 3 rings (SSSR count). The summed E-state index contributed by atoms with van der Waals surface area (Å²) in [6.07, 6.45) is 0. The molecule has 0 saturated carbocycles. The lowest BCUT2D eigenvalue weighted by atomic mass is 10.2. The number of carbonyl (C=O) groups excluding carboxylic acids is 1. The summed E-state index contributed by atoms with van der Waals surface area (Å²) in [4.78, 5) is 13.0. The molecular weight excluding hydrogens is 613 g/mol. The number of aryl methyl sites for hydroxylation is 1. The van der Waals surface area contributed by atoms with Crippen LogP contribution in [0.25, 0.3) is 0 Å². The molecule has 0 radical (unpaired) electrons. The van der Waals surface area contributed by atoms with Crippen LogP contribution < -0.4 is 10.0 Å². The molecule has 8 nitrogen and oxygen atoms in total. The molecule has 2 N–H and O–H groups in total. The van der Waals surface area contributed by atoms with Gasteiger partial charge in [-0.2, -0.15) is 4.31 Å². The van der Waals surface area contributed by atoms with Crippen molar-refractivity contribution in [3.05, 3.63) is 86.3 Å². The van der Waals surface area contributed by atoms with Gasteiger partial charge < -0.3 is 5.32 Å². The molecule has 0 heterocycles. The van der Waals surface area contributed by atoms with Crippen LogP contribution in [0.3, 0.4) is 0 Å². The zero-order valence-electron chi connectivity index (χ0n) is 19.1. The summed E-state index contributed by atoms with van der Waals surface area (Å²) in [7, 11) is -6.59. The van der Waals surface area contributed by atoms with Crippen molar-refractivity contribution in [2.45, 2.75) is 23.3 Å². The topological polar surface area (TPSA) is 113 Å². The van der Waals surface area contributed by atoms with Gasteiger partial charge >= 0.3 is 0 Å². The maximum absolute atomic E-state index is 13.5. The quantitative estimate of drug-likeness (QED) is 0.351. The first-order valence-corrected chi connectivity index (χ1v) is 14.8. The second-order valence-corrected chi connectivity index (χ2v) is 13.3. The number of nitrogens with zero attached hydrogens (tertiary/aromatic N) is 1. The smallest absolute Gasteiger partial charge is 0.243 e. The molecule has 0 bridgehead atoms. The molecule has 0 atom stereocenters. The maximum Gasteiger partial charge on any atom is 0.243 e. The van der Waals surface area contributed by atoms with Crippen LogP contribution in [0.5, 0.6) is 0 Å². The Labute approximate surface area is 228 Å². The molecule has 3 aromatic rings. The summed E-state index contributed by atoms with van der Waals surface area (Å²) >= 11 is 15.5. The van der Waals surface area contributed by atoms with Gasteiger partial charge in [-0.15, -0.1) is 0 Å². The lowest BCUT2D eigenvalue weighted by Crippen LogP contribution is -2.37. The van der Waals surface area contributed by atoms with Crippen molar-refractivity contribution in [3.8, 4) is 0 Å². The molecule has 0 saturated heterocycles. The van der Waals surface area contributed by atoms with Gasteiger partial charge in [0.1, 0.15) is 0 Å². The number of halogens is 3. The highest BCUT2D eigenvalue weighted by atomic mass is 79.9. The largest absolute Gasteiger partial charge is 0.325 e. The van der Waals surface area contributed by atoms with E-state index in [-0.39, 0.29) is 27.0 Å². The van der Waals surface area contributed by atoms with E-state index in [1.54, 1.807) is 37.3 Å². The number of sulfonamides is 2. The van der Waals surface area contributed by atoms with E-state index < -0.39 is 32.5 Å². The van der Waals surface area contributed by atoms with Crippen LogP contribution in [0, 0.1) is 6.92 Å². The van der Waals surface area contributed by atoms with Crippen LogP contribution >= 0.6 is 39.1 Å². The van der Waals surface area contributed by atoms with Crippen LogP contribution in [0.2, 0.25) is 10.0 Å². The number of hydrogen-bond donors (Lipinski definition) is 2. The third kappa shape index (κ3) is 6.86. The second kappa shape index (κ2) is 11.6. The summed E-state index contributed by atoms with van der Waals surface area (Å²) in [6.45, 7) is 0.935. The Kier molecular flexibility index (Phi) is 9.20. The fourth-order valence-corrected chi connectivity index (χ4v) is 6.06. The predicted molar refractivity (Wildman–Crippen MR) is 144 cm³/mol. The fraction of sp³-hybridized carbons (Fsp3) is 0.174. The number of nitrogens with one attached hydrogen (secondary N) is 2. The molecule has 0 spiro atoms. The van der Waals surface area contributed by atoms with Gasteiger partial charge in [0.25, 0.3) is 0 Å². The summed E-state index contributed by atoms with van der Waals surface area (Å²) < 4.78 is 55.2. The van der Waals surface area contributed by atoms with E-state index in [2.05, 4.69) is 26.0 Å². The Bertz CT molecular complexity index is 1500. The highest BCUT2D eigenvalue weighted by Gasteiger charge is 2.28. The van der Waals surface area contributed by atoms with Crippen molar-refractivity contribution >= 4 is 70.8 Å². The number of hydrogen-bond acceptors (Lipinski definition) is 5. The molecule has 192 valence electrons. The zero-order valence-corrected chi connectivity index (χ0v) is 23.9. The maximum atomic E-state index is 13.5. The van der Waals surface area contributed by atoms with Crippen LogP contribution in [-0.2, 0) is 31.4 Å². The molecule has 0 aliphatic heterocycles. The zero-order chi connectivity index (χ0) is 26.7. The Morgan fingerprint density at radius 1 is 0.944 bits per heavy atom. The van der Waals surface area contributed by atoms with E-state index >= 15 is 0 Å². The van der Waals surface area contributed by atoms with Gasteiger partial charge in [-0.05, 0) is 73.6 Å². The molecule has 13 heteroatoms. The van der Waals surface area contributed by atoms with Crippen molar-refractivity contribution in [1.82, 2.24) is 9.03 Å². The number of anilines is 1. The van der Waals surface area contributed by atoms with E-state index in [0.29, 0.717) is 20.6 Å². The second-order valence-electron chi connectivity index (χ2n) is 7.70. The van der Waals surface area contributed by atoms with Gasteiger partial charge in [0, 0.05) is 26.8 Å². The molecule has 3 aromatic carbocycles. The fourth-order valence-electron chi connectivity index (χ4n) is 3.19. The van der Waals surface area contributed by atoms with Crippen molar-refractivity contribution in [3.63, 3.8) is 0 Å². The summed E-state index contributed by atoms with van der Waals surface area (Å²) in [5.41, 5.74) is 1.29. The molecule has 0 unspecified atom stereocenters. The van der Waals surface area contributed by atoms with Crippen molar-refractivity contribution in [1.29, 1.82) is 0 Å². The van der Waals surface area contributed by atoms with Crippen molar-refractivity contribution < 1.29 is 21.6 Å². The first-order chi connectivity index (χ1) is 16.8. The number of benzene rings is 3. The Hall–Kier alpha value is -1.99. The van der Waals surface area contributed by atoms with Gasteiger partial charge in [-0.1, -0.05) is 51.3 Å². The molecule has 0 aliphatic rings. The van der Waals surface area contributed by atoms with E-state index in [0.717, 1.165) is 4.31 Å². The van der Waals surface area contributed by atoms with Crippen LogP contribution in [0.15, 0.2) is 74.9 Å². The number of rotatable bonds is 9. The molecule has 0 aliphatic carbocycles. The summed E-state index contributed by atoms with van der Waals surface area (Å²) in [5.74, 6) is -0.664. The average molecular weight is 635 g/mol. The monoisotopic (exact) mass is 633 g/mol. The minimum absolute atomic E-state index is 0.0122. The van der Waals surface area contributed by atoms with E-state index in [1.807, 2.05) is 0 Å². The third-order valence-corrected chi connectivity index (χ3v) is 9.53. The minimum atomic E-state index is -4.12. The van der Waals surface area contributed by atoms with Crippen LogP contribution in [0.1, 0.15) is 11.1 Å². The highest BCUT2D eigenvalue weighted by Crippen LogP contribution is 2.26. The van der Waals surface area contributed by atoms with Gasteiger partial charge in [-0.25, -0.2) is 21.6 Å². The molecule has 0 aromatic heterocycles. The molecule has 0 fully saturated rings. The molecule has 1 amide bonds. The number of carbonyl (C=O) groups is 1. The average Bonchev–Trinajstić information content (AvgIpc) is 2.81. The first kappa shape index (κ1) is 28.6. The standard InChI is InChI=1S/C23H22BrCl2N3O5S2/c1-15-3-8-20(35(31,32)27-2)12-22(15)28-23(30)14-29(13-16-4-7-18(25)11-21(16)26)36(33,34)19-9-5-17(24)6-10-19/h3-12,27H,13-14H2,1-2H3,(H,28,30). The minimum Gasteiger partial charge on any atom is -0.325 e. The number of amides is 1. The third-order valence-electron chi connectivity index (χ3n) is 5.20. The summed E-state index contributed by atoms with van der Waals surface area (Å²) in [5, 5.41) is 3.26. The van der Waals surface area contributed by atoms with Crippen molar-refractivity contribution in [2.75, 3.05) is 18.9 Å². The van der Waals surface area contributed by atoms with Gasteiger partial charge in [0.05, 0.1) is 16.3 Å². The SMILES string of the molecule is CNS(=O)(=O)c1ccc(C)c(NC(=O)CN(Cc2ccc(Cl)cc2Cl)S(=O)(=O)c2ccc(Br)cc2)c1. The van der Waals surface area contributed by atoms with Gasteiger partial charge in [0.15, 0.2) is 0 Å². The lowest BCUT2D eigenvalue weighted by Gasteiger charge is -2.23. The van der Waals surface area contributed by atoms with Crippen LogP contribution in [0.4, 0.5) is 5.69 Å². The van der Waals surface area contributed by atoms with Crippen LogP contribution in [-0.4, -0.2) is 40.6 Å². The van der Waals surface area contributed by atoms with E-state index in [4.69, 9.17) is 23.2 Å². The van der Waals surface area contributed by atoms with Gasteiger partial charge in [0.2, 0.25) is 26.0 Å². The normalized spacial score (nSPS) is 12.1. The highest BCUT2D eigenvalue weighted by molar-refractivity contribution is 9.10. The van der Waals surface area contributed by atoms with E-state index in [9.17, 15) is 21.6 Å². The lowest BCUT2D eigenvalue weighted by molar-refractivity contribution is -0.116. The summed E-state index contributed by atoms with van der Waals surface area (Å²) in [6, 6.07) is 14.9. The molecule has 36 heavy (non-hydrogen) atoms. The van der Waals surface area contributed by atoms with Gasteiger partial charge in [-0.3, -0.25) is 4.79 Å². The van der Waals surface area contributed by atoms with E-state index in [1.165, 1.54) is 37.4 Å². The van der Waals surface area contributed by atoms with Crippen molar-refractivity contribution in [2.24, 2.45) is 0 Å². The Morgan fingerprint density at radius 2 is 1.58 bits per heavy atom. The predicted octanol–water partition coefficient (Wildman–Crippen LogP) is 4.80. The molecular formula is C23H22BrCl2N3O5S2. The Morgan fingerprint density at radius 3 is 2.19 bits per heavy atom.